The minimum atomic E-state index is 0.923. The van der Waals surface area contributed by atoms with Crippen LogP contribution in [-0.4, -0.2) is 40.2 Å². The molecule has 1 saturated heterocycles. The summed E-state index contributed by atoms with van der Waals surface area (Å²) in [4.78, 5) is 1.73. The van der Waals surface area contributed by atoms with Gasteiger partial charge in [-0.25, -0.2) is 0 Å². The van der Waals surface area contributed by atoms with E-state index in [9.17, 15) is 0 Å². The summed E-state index contributed by atoms with van der Waals surface area (Å²) in [5.74, 6) is 2.00. The van der Waals surface area contributed by atoms with Gasteiger partial charge >= 0.3 is 0 Å². The Hall–Kier alpha value is -2.11. The second kappa shape index (κ2) is 8.72. The van der Waals surface area contributed by atoms with E-state index in [0.29, 0.717) is 0 Å². The molecule has 0 atom stereocenters. The Labute approximate surface area is 165 Å². The van der Waals surface area contributed by atoms with Gasteiger partial charge in [-0.1, -0.05) is 54.2 Å². The van der Waals surface area contributed by atoms with E-state index in [4.69, 9.17) is 0 Å². The SMILES string of the molecule is Cc1ccccc1-c1nnc(SCC[NH+]2CCCCC2)n1-c1ccccc1. The molecule has 0 spiro atoms. The molecule has 1 N–H and O–H groups in total. The number of benzene rings is 2. The van der Waals surface area contributed by atoms with E-state index < -0.39 is 0 Å². The van der Waals surface area contributed by atoms with Crippen LogP contribution in [-0.2, 0) is 0 Å². The second-order valence-corrected chi connectivity index (χ2v) is 8.26. The van der Waals surface area contributed by atoms with Gasteiger partial charge in [0.2, 0.25) is 0 Å². The molecule has 0 amide bonds. The smallest absolute Gasteiger partial charge is 0.196 e. The summed E-state index contributed by atoms with van der Waals surface area (Å²) in [7, 11) is 0. The molecular formula is C22H27N4S+. The van der Waals surface area contributed by atoms with Crippen molar-refractivity contribution in [2.75, 3.05) is 25.4 Å². The van der Waals surface area contributed by atoms with Crippen molar-refractivity contribution < 1.29 is 4.90 Å². The van der Waals surface area contributed by atoms with Crippen molar-refractivity contribution in [1.29, 1.82) is 0 Å². The number of thioether (sulfide) groups is 1. The average molecular weight is 380 g/mol. The van der Waals surface area contributed by atoms with Gasteiger partial charge in [-0.3, -0.25) is 4.57 Å². The van der Waals surface area contributed by atoms with Gasteiger partial charge in [-0.05, 0) is 43.9 Å². The van der Waals surface area contributed by atoms with E-state index >= 15 is 0 Å². The maximum absolute atomic E-state index is 4.57. The third-order valence-corrected chi connectivity index (χ3v) is 6.21. The first-order valence-corrected chi connectivity index (χ1v) is 10.8. The number of aromatic nitrogens is 3. The number of hydrogen-bond acceptors (Lipinski definition) is 3. The van der Waals surface area contributed by atoms with Crippen molar-refractivity contribution >= 4 is 11.8 Å². The first-order chi connectivity index (χ1) is 13.3. The zero-order valence-electron chi connectivity index (χ0n) is 15.9. The molecule has 4 rings (SSSR count). The van der Waals surface area contributed by atoms with Gasteiger partial charge in [-0.2, -0.15) is 0 Å². The Kier molecular flexibility index (Phi) is 5.90. The van der Waals surface area contributed by atoms with Gasteiger partial charge in [0, 0.05) is 11.3 Å². The standard InChI is InChI=1S/C22H26N4S/c1-18-10-6-7-13-20(18)21-23-24-22(26(21)19-11-4-2-5-12-19)27-17-16-25-14-8-3-9-15-25/h2,4-7,10-13H,3,8-9,14-17H2,1H3/p+1. The first-order valence-electron chi connectivity index (χ1n) is 9.86. The molecule has 0 bridgehead atoms. The molecule has 0 radical (unpaired) electrons. The fourth-order valence-electron chi connectivity index (χ4n) is 3.76. The van der Waals surface area contributed by atoms with Crippen LogP contribution in [0.25, 0.3) is 17.1 Å². The van der Waals surface area contributed by atoms with Crippen LogP contribution in [0.2, 0.25) is 0 Å². The molecule has 4 nitrogen and oxygen atoms in total. The van der Waals surface area contributed by atoms with Crippen LogP contribution in [0.15, 0.2) is 59.8 Å². The van der Waals surface area contributed by atoms with E-state index in [0.717, 1.165) is 28.0 Å². The molecule has 2 aromatic carbocycles. The lowest BCUT2D eigenvalue weighted by Crippen LogP contribution is -3.13. The third-order valence-electron chi connectivity index (χ3n) is 5.28. The Morgan fingerprint density at radius 3 is 2.44 bits per heavy atom. The lowest BCUT2D eigenvalue weighted by molar-refractivity contribution is -0.902. The lowest BCUT2D eigenvalue weighted by Gasteiger charge is -2.23. The highest BCUT2D eigenvalue weighted by atomic mass is 32.2. The van der Waals surface area contributed by atoms with Crippen molar-refractivity contribution in [2.24, 2.45) is 0 Å². The number of likely N-dealkylation sites (tertiary alicyclic amines) is 1. The van der Waals surface area contributed by atoms with Crippen molar-refractivity contribution in [3.05, 3.63) is 60.2 Å². The number of nitrogens with zero attached hydrogens (tertiary/aromatic N) is 3. The molecule has 5 heteroatoms. The van der Waals surface area contributed by atoms with Crippen LogP contribution >= 0.6 is 11.8 Å². The fraction of sp³-hybridized carbons (Fsp3) is 0.364. The number of aryl methyl sites for hydroxylation is 1. The molecule has 1 fully saturated rings. The largest absolute Gasteiger partial charge is 0.334 e. The zero-order chi connectivity index (χ0) is 18.5. The third kappa shape index (κ3) is 4.25. The number of quaternary nitrogens is 1. The topological polar surface area (TPSA) is 35.2 Å². The molecule has 27 heavy (non-hydrogen) atoms. The molecule has 0 aliphatic carbocycles. The Morgan fingerprint density at radius 2 is 1.67 bits per heavy atom. The molecule has 0 saturated carbocycles. The fourth-order valence-corrected chi connectivity index (χ4v) is 4.75. The van der Waals surface area contributed by atoms with Gasteiger partial charge in [0.1, 0.15) is 0 Å². The molecular weight excluding hydrogens is 352 g/mol. The Balaban J connectivity index is 1.60. The first kappa shape index (κ1) is 18.3. The second-order valence-electron chi connectivity index (χ2n) is 7.20. The minimum absolute atomic E-state index is 0.923. The van der Waals surface area contributed by atoms with E-state index in [-0.39, 0.29) is 0 Å². The maximum Gasteiger partial charge on any atom is 0.196 e. The summed E-state index contributed by atoms with van der Waals surface area (Å²) in [6.45, 7) is 5.97. The predicted molar refractivity (Wildman–Crippen MR) is 112 cm³/mol. The van der Waals surface area contributed by atoms with E-state index in [2.05, 4.69) is 70.2 Å². The van der Waals surface area contributed by atoms with Gasteiger partial charge in [0.25, 0.3) is 0 Å². The molecule has 140 valence electrons. The summed E-state index contributed by atoms with van der Waals surface area (Å²) in [5.41, 5.74) is 3.48. The van der Waals surface area contributed by atoms with E-state index in [1.807, 2.05) is 17.8 Å². The average Bonchev–Trinajstić information content (AvgIpc) is 3.13. The summed E-state index contributed by atoms with van der Waals surface area (Å²) < 4.78 is 2.21. The minimum Gasteiger partial charge on any atom is -0.334 e. The monoisotopic (exact) mass is 379 g/mol. The van der Waals surface area contributed by atoms with Crippen molar-refractivity contribution in [3.63, 3.8) is 0 Å². The van der Waals surface area contributed by atoms with Crippen molar-refractivity contribution in [1.82, 2.24) is 14.8 Å². The Bertz CT molecular complexity index is 869. The summed E-state index contributed by atoms with van der Waals surface area (Å²) >= 11 is 1.83. The molecule has 1 aliphatic rings. The molecule has 2 heterocycles. The van der Waals surface area contributed by atoms with Gasteiger partial charge in [-0.15, -0.1) is 10.2 Å². The van der Waals surface area contributed by atoms with Crippen LogP contribution < -0.4 is 4.90 Å². The number of nitrogens with one attached hydrogen (secondary N) is 1. The zero-order valence-corrected chi connectivity index (χ0v) is 16.7. The molecule has 1 aliphatic heterocycles. The number of piperidine rings is 1. The molecule has 3 aromatic rings. The highest BCUT2D eigenvalue weighted by Gasteiger charge is 2.18. The number of rotatable bonds is 6. The van der Waals surface area contributed by atoms with Crippen LogP contribution in [0.4, 0.5) is 0 Å². The molecule has 0 unspecified atom stereocenters. The molecule has 1 aromatic heterocycles. The van der Waals surface area contributed by atoms with E-state index in [1.54, 1.807) is 4.90 Å². The van der Waals surface area contributed by atoms with Gasteiger partial charge < -0.3 is 4.90 Å². The lowest BCUT2D eigenvalue weighted by atomic mass is 10.1. The van der Waals surface area contributed by atoms with Crippen LogP contribution in [0.3, 0.4) is 0 Å². The summed E-state index contributed by atoms with van der Waals surface area (Å²) in [6.07, 6.45) is 4.15. The normalized spacial score (nSPS) is 15.1. The van der Waals surface area contributed by atoms with Crippen LogP contribution in [0, 0.1) is 6.92 Å². The van der Waals surface area contributed by atoms with Gasteiger partial charge in [0.15, 0.2) is 11.0 Å². The van der Waals surface area contributed by atoms with Crippen LogP contribution in [0.5, 0.6) is 0 Å². The van der Waals surface area contributed by atoms with Gasteiger partial charge in [0.05, 0.1) is 25.4 Å². The highest BCUT2D eigenvalue weighted by Crippen LogP contribution is 2.29. The predicted octanol–water partition coefficient (Wildman–Crippen LogP) is 3.40. The maximum atomic E-state index is 4.57. The summed E-state index contributed by atoms with van der Waals surface area (Å²) in [5, 5.41) is 10.1. The Morgan fingerprint density at radius 1 is 0.926 bits per heavy atom. The number of hydrogen-bond donors (Lipinski definition) is 1. The van der Waals surface area contributed by atoms with Crippen molar-refractivity contribution in [2.45, 2.75) is 31.3 Å². The quantitative estimate of drug-likeness (QED) is 0.667. The van der Waals surface area contributed by atoms with Crippen LogP contribution in [0.1, 0.15) is 24.8 Å². The van der Waals surface area contributed by atoms with Crippen molar-refractivity contribution in [3.8, 4) is 17.1 Å². The summed E-state index contributed by atoms with van der Waals surface area (Å²) in [6, 6.07) is 18.9. The highest BCUT2D eigenvalue weighted by molar-refractivity contribution is 7.99. The number of para-hydroxylation sites is 1. The van der Waals surface area contributed by atoms with E-state index in [1.165, 1.54) is 44.5 Å².